The second-order valence-corrected chi connectivity index (χ2v) is 4.18. The molecular weight excluding hydrogens is 239 g/mol. The fraction of sp³-hybridized carbons (Fsp3) is 0.333. The summed E-state index contributed by atoms with van der Waals surface area (Å²) in [6, 6.07) is 5.58. The molecule has 2 rings (SSSR count). The minimum Gasteiger partial charge on any atom is -0.489 e. The van der Waals surface area contributed by atoms with Crippen LogP contribution >= 0.6 is 27.5 Å². The lowest BCUT2D eigenvalue weighted by Gasteiger charge is -2.06. The fourth-order valence-corrected chi connectivity index (χ4v) is 1.44. The third-order valence-corrected chi connectivity index (χ3v) is 2.60. The van der Waals surface area contributed by atoms with Gasteiger partial charge in [-0.15, -0.1) is 0 Å². The number of halogens is 2. The molecule has 0 aliphatic heterocycles. The Kier molecular flexibility index (Phi) is 2.28. The van der Waals surface area contributed by atoms with Gasteiger partial charge in [0.15, 0.2) is 0 Å². The highest BCUT2D eigenvalue weighted by Crippen LogP contribution is 2.33. The van der Waals surface area contributed by atoms with Gasteiger partial charge in [-0.2, -0.15) is 0 Å². The summed E-state index contributed by atoms with van der Waals surface area (Å²) in [5, 5.41) is 0.717. The highest BCUT2D eigenvalue weighted by molar-refractivity contribution is 9.10. The molecule has 0 radical (unpaired) electrons. The summed E-state index contributed by atoms with van der Waals surface area (Å²) in [5.74, 6) is 0.852. The van der Waals surface area contributed by atoms with E-state index in [-0.39, 0.29) is 0 Å². The van der Waals surface area contributed by atoms with E-state index in [1.807, 2.05) is 18.2 Å². The summed E-state index contributed by atoms with van der Waals surface area (Å²) in [6.45, 7) is 0. The Bertz CT molecular complexity index is 297. The van der Waals surface area contributed by atoms with Crippen molar-refractivity contribution >= 4 is 27.5 Å². The molecule has 1 aromatic rings. The van der Waals surface area contributed by atoms with Gasteiger partial charge in [0.25, 0.3) is 0 Å². The van der Waals surface area contributed by atoms with Crippen molar-refractivity contribution < 1.29 is 4.74 Å². The molecule has 0 saturated heterocycles. The number of hydrogen-bond acceptors (Lipinski definition) is 1. The van der Waals surface area contributed by atoms with Crippen molar-refractivity contribution in [3.63, 3.8) is 0 Å². The van der Waals surface area contributed by atoms with E-state index in [1.54, 1.807) is 0 Å². The SMILES string of the molecule is Clc1ccc(Br)c(OC2CC2)c1. The van der Waals surface area contributed by atoms with Crippen molar-refractivity contribution in [2.45, 2.75) is 18.9 Å². The minimum absolute atomic E-state index is 0.416. The van der Waals surface area contributed by atoms with Crippen LogP contribution < -0.4 is 4.74 Å². The second kappa shape index (κ2) is 3.27. The summed E-state index contributed by atoms with van der Waals surface area (Å²) >= 11 is 9.22. The first kappa shape index (κ1) is 8.39. The van der Waals surface area contributed by atoms with E-state index in [0.717, 1.165) is 10.2 Å². The zero-order valence-corrected chi connectivity index (χ0v) is 8.73. The van der Waals surface area contributed by atoms with Crippen molar-refractivity contribution in [2.24, 2.45) is 0 Å². The first-order valence-corrected chi connectivity index (χ1v) is 5.04. The van der Waals surface area contributed by atoms with E-state index in [1.165, 1.54) is 12.8 Å². The Labute approximate surface area is 84.8 Å². The molecule has 0 amide bonds. The van der Waals surface area contributed by atoms with Gasteiger partial charge in [0.1, 0.15) is 5.75 Å². The molecule has 1 aliphatic carbocycles. The zero-order chi connectivity index (χ0) is 8.55. The maximum atomic E-state index is 5.82. The van der Waals surface area contributed by atoms with Crippen LogP contribution in [-0.4, -0.2) is 6.10 Å². The van der Waals surface area contributed by atoms with Gasteiger partial charge in [0.2, 0.25) is 0 Å². The van der Waals surface area contributed by atoms with E-state index in [9.17, 15) is 0 Å². The molecule has 0 N–H and O–H groups in total. The van der Waals surface area contributed by atoms with E-state index in [4.69, 9.17) is 16.3 Å². The van der Waals surface area contributed by atoms with Gasteiger partial charge >= 0.3 is 0 Å². The van der Waals surface area contributed by atoms with Crippen LogP contribution in [0.1, 0.15) is 12.8 Å². The van der Waals surface area contributed by atoms with Crippen molar-refractivity contribution in [3.8, 4) is 5.75 Å². The summed E-state index contributed by atoms with van der Waals surface area (Å²) in [4.78, 5) is 0. The Morgan fingerprint density at radius 1 is 1.42 bits per heavy atom. The lowest BCUT2D eigenvalue weighted by atomic mass is 10.3. The summed E-state index contributed by atoms with van der Waals surface area (Å²) in [7, 11) is 0. The molecule has 0 heterocycles. The Hall–Kier alpha value is -0.210. The van der Waals surface area contributed by atoms with Crippen molar-refractivity contribution in [3.05, 3.63) is 27.7 Å². The highest BCUT2D eigenvalue weighted by atomic mass is 79.9. The fourth-order valence-electron chi connectivity index (χ4n) is 0.933. The zero-order valence-electron chi connectivity index (χ0n) is 6.39. The molecule has 1 aromatic carbocycles. The average molecular weight is 248 g/mol. The van der Waals surface area contributed by atoms with Crippen LogP contribution in [-0.2, 0) is 0 Å². The molecule has 0 aromatic heterocycles. The molecule has 1 saturated carbocycles. The van der Waals surface area contributed by atoms with Crippen LogP contribution in [0.15, 0.2) is 22.7 Å². The quantitative estimate of drug-likeness (QED) is 0.775. The summed E-state index contributed by atoms with van der Waals surface area (Å²) in [6.07, 6.45) is 2.75. The molecule has 1 fully saturated rings. The highest BCUT2D eigenvalue weighted by Gasteiger charge is 2.24. The molecule has 0 bridgehead atoms. The first-order valence-electron chi connectivity index (χ1n) is 3.87. The predicted octanol–water partition coefficient (Wildman–Crippen LogP) is 3.64. The van der Waals surface area contributed by atoms with Crippen LogP contribution in [0.5, 0.6) is 5.75 Å². The maximum Gasteiger partial charge on any atom is 0.135 e. The lowest BCUT2D eigenvalue weighted by Crippen LogP contribution is -1.96. The van der Waals surface area contributed by atoms with Gasteiger partial charge in [-0.1, -0.05) is 11.6 Å². The van der Waals surface area contributed by atoms with Crippen LogP contribution in [0.2, 0.25) is 5.02 Å². The monoisotopic (exact) mass is 246 g/mol. The molecule has 1 nitrogen and oxygen atoms in total. The van der Waals surface area contributed by atoms with Crippen LogP contribution in [0.25, 0.3) is 0 Å². The minimum atomic E-state index is 0.416. The largest absolute Gasteiger partial charge is 0.489 e. The smallest absolute Gasteiger partial charge is 0.135 e. The van der Waals surface area contributed by atoms with Crippen LogP contribution in [0.4, 0.5) is 0 Å². The Balaban J connectivity index is 2.21. The number of benzene rings is 1. The van der Waals surface area contributed by atoms with E-state index < -0.39 is 0 Å². The molecule has 0 unspecified atom stereocenters. The van der Waals surface area contributed by atoms with Crippen LogP contribution in [0, 0.1) is 0 Å². The van der Waals surface area contributed by atoms with Crippen LogP contribution in [0.3, 0.4) is 0 Å². The van der Waals surface area contributed by atoms with Gasteiger partial charge in [-0.3, -0.25) is 0 Å². The Morgan fingerprint density at radius 3 is 2.83 bits per heavy atom. The molecule has 0 atom stereocenters. The number of rotatable bonds is 2. The molecule has 1 aliphatic rings. The maximum absolute atomic E-state index is 5.82. The van der Waals surface area contributed by atoms with Gasteiger partial charge in [0.05, 0.1) is 10.6 Å². The second-order valence-electron chi connectivity index (χ2n) is 2.89. The van der Waals surface area contributed by atoms with Crippen molar-refractivity contribution in [2.75, 3.05) is 0 Å². The molecular formula is C9H8BrClO. The van der Waals surface area contributed by atoms with E-state index in [2.05, 4.69) is 15.9 Å². The molecule has 3 heteroatoms. The molecule has 0 spiro atoms. The van der Waals surface area contributed by atoms with Gasteiger partial charge in [-0.05, 0) is 47.0 Å². The molecule has 12 heavy (non-hydrogen) atoms. The Morgan fingerprint density at radius 2 is 2.17 bits per heavy atom. The third kappa shape index (κ3) is 1.93. The summed E-state index contributed by atoms with van der Waals surface area (Å²) < 4.78 is 6.58. The van der Waals surface area contributed by atoms with Crippen molar-refractivity contribution in [1.82, 2.24) is 0 Å². The summed E-state index contributed by atoms with van der Waals surface area (Å²) in [5.41, 5.74) is 0. The van der Waals surface area contributed by atoms with Gasteiger partial charge in [-0.25, -0.2) is 0 Å². The van der Waals surface area contributed by atoms with Gasteiger partial charge < -0.3 is 4.74 Å². The van der Waals surface area contributed by atoms with Gasteiger partial charge in [0, 0.05) is 5.02 Å². The van der Waals surface area contributed by atoms with E-state index >= 15 is 0 Å². The normalized spacial score (nSPS) is 16.2. The topological polar surface area (TPSA) is 9.23 Å². The van der Waals surface area contributed by atoms with Crippen molar-refractivity contribution in [1.29, 1.82) is 0 Å². The average Bonchev–Trinajstić information content (AvgIpc) is 2.81. The van der Waals surface area contributed by atoms with E-state index in [0.29, 0.717) is 11.1 Å². The standard InChI is InChI=1S/C9H8BrClO/c10-8-4-1-6(11)5-9(8)12-7-2-3-7/h1,4-5,7H,2-3H2. The molecule has 64 valence electrons. The third-order valence-electron chi connectivity index (χ3n) is 1.71. The number of hydrogen-bond donors (Lipinski definition) is 0. The lowest BCUT2D eigenvalue weighted by molar-refractivity contribution is 0.301. The first-order chi connectivity index (χ1) is 5.75. The number of ether oxygens (including phenoxy) is 1. The predicted molar refractivity (Wildman–Crippen MR) is 52.8 cm³/mol.